The minimum atomic E-state index is 0.0163. The highest BCUT2D eigenvalue weighted by molar-refractivity contribution is 6.21. The molecule has 0 aliphatic rings. The van der Waals surface area contributed by atoms with E-state index in [1.807, 2.05) is 59.0 Å². The highest BCUT2D eigenvalue weighted by Gasteiger charge is 2.21. The lowest BCUT2D eigenvalue weighted by Crippen LogP contribution is -2.13. The van der Waals surface area contributed by atoms with E-state index < -0.39 is 0 Å². The topological polar surface area (TPSA) is 26.4 Å². The lowest BCUT2D eigenvalue weighted by Gasteiger charge is -2.13. The van der Waals surface area contributed by atoms with Crippen molar-refractivity contribution in [1.82, 2.24) is 8.97 Å². The maximum atomic E-state index is 13.7. The van der Waals surface area contributed by atoms with Crippen LogP contribution in [0.25, 0.3) is 77.8 Å². The van der Waals surface area contributed by atoms with Gasteiger partial charge in [-0.05, 0) is 59.0 Å². The molecule has 0 unspecified atom stereocenters. The van der Waals surface area contributed by atoms with Gasteiger partial charge in [0, 0.05) is 38.2 Å². The lowest BCUT2D eigenvalue weighted by atomic mass is 10.0. The molecule has 0 saturated carbocycles. The summed E-state index contributed by atoms with van der Waals surface area (Å²) in [6.07, 6.45) is 3.84. The van der Waals surface area contributed by atoms with Gasteiger partial charge in [0.25, 0.3) is 5.56 Å². The number of rotatable bonds is 4. The van der Waals surface area contributed by atoms with E-state index in [-0.39, 0.29) is 5.56 Å². The van der Waals surface area contributed by atoms with Crippen LogP contribution in [0.2, 0.25) is 0 Å². The Morgan fingerprint density at radius 1 is 0.550 bits per heavy atom. The van der Waals surface area contributed by atoms with E-state index in [2.05, 4.69) is 84.5 Å². The molecular formula is C37H24N2O. The van der Waals surface area contributed by atoms with Gasteiger partial charge < -0.3 is 4.57 Å². The normalized spacial score (nSPS) is 11.8. The Morgan fingerprint density at radius 3 is 1.98 bits per heavy atom. The predicted molar refractivity (Wildman–Crippen MR) is 170 cm³/mol. The lowest BCUT2D eigenvalue weighted by molar-refractivity contribution is 1.11. The van der Waals surface area contributed by atoms with Gasteiger partial charge in [-0.25, -0.2) is 0 Å². The van der Waals surface area contributed by atoms with Gasteiger partial charge in [0.15, 0.2) is 0 Å². The molecule has 0 aliphatic heterocycles. The second-order valence-electron chi connectivity index (χ2n) is 10.2. The minimum Gasteiger partial charge on any atom is -0.309 e. The Labute approximate surface area is 230 Å². The summed E-state index contributed by atoms with van der Waals surface area (Å²) in [5.41, 5.74) is 8.38. The zero-order chi connectivity index (χ0) is 27.0. The molecule has 3 aromatic heterocycles. The summed E-state index contributed by atoms with van der Waals surface area (Å²) in [4.78, 5) is 13.7. The van der Waals surface area contributed by atoms with Crippen molar-refractivity contribution in [2.75, 3.05) is 0 Å². The van der Waals surface area contributed by atoms with E-state index in [4.69, 9.17) is 0 Å². The SMILES string of the molecule is C=Cc1c(C=C)n(-c2cc3c4ccccc4c(=O)n4c5ccccc5c(c2)c34)c2ccc(-c3ccccc3)cc12. The third kappa shape index (κ3) is 2.92. The quantitative estimate of drug-likeness (QED) is 0.216. The van der Waals surface area contributed by atoms with Gasteiger partial charge >= 0.3 is 0 Å². The summed E-state index contributed by atoms with van der Waals surface area (Å²) in [5.74, 6) is 0. The average Bonchev–Trinajstić information content (AvgIpc) is 3.52. The largest absolute Gasteiger partial charge is 0.309 e. The second kappa shape index (κ2) is 8.29. The fraction of sp³-hybridized carbons (Fsp3) is 0. The van der Waals surface area contributed by atoms with Crippen molar-refractivity contribution < 1.29 is 0 Å². The van der Waals surface area contributed by atoms with Crippen LogP contribution in [-0.2, 0) is 0 Å². The molecule has 0 N–H and O–H groups in total. The van der Waals surface area contributed by atoms with E-state index in [9.17, 15) is 4.79 Å². The number of fused-ring (bicyclic) bond motifs is 6. The fourth-order valence-electron chi connectivity index (χ4n) is 6.49. The second-order valence-corrected chi connectivity index (χ2v) is 10.2. The first-order chi connectivity index (χ1) is 19.7. The molecule has 40 heavy (non-hydrogen) atoms. The maximum absolute atomic E-state index is 13.7. The third-order valence-corrected chi connectivity index (χ3v) is 8.21. The molecule has 0 radical (unpaired) electrons. The smallest absolute Gasteiger partial charge is 0.263 e. The molecule has 0 atom stereocenters. The Kier molecular flexibility index (Phi) is 4.68. The van der Waals surface area contributed by atoms with Crippen molar-refractivity contribution in [1.29, 1.82) is 0 Å². The van der Waals surface area contributed by atoms with Crippen LogP contribution >= 0.6 is 0 Å². The predicted octanol–water partition coefficient (Wildman–Crippen LogP) is 9.09. The molecule has 0 bridgehead atoms. The molecule has 3 heteroatoms. The first-order valence-corrected chi connectivity index (χ1v) is 13.4. The first-order valence-electron chi connectivity index (χ1n) is 13.4. The number of benzene rings is 5. The number of nitrogens with zero attached hydrogens (tertiary/aromatic N) is 2. The van der Waals surface area contributed by atoms with Gasteiger partial charge in [-0.3, -0.25) is 9.20 Å². The van der Waals surface area contributed by atoms with Gasteiger partial charge in [0.2, 0.25) is 0 Å². The Balaban J connectivity index is 1.54. The summed E-state index contributed by atoms with van der Waals surface area (Å²) in [6, 6.07) is 37.6. The fourth-order valence-corrected chi connectivity index (χ4v) is 6.49. The van der Waals surface area contributed by atoms with Gasteiger partial charge in [-0.2, -0.15) is 0 Å². The highest BCUT2D eigenvalue weighted by Crippen LogP contribution is 2.39. The molecule has 8 aromatic rings. The van der Waals surface area contributed by atoms with E-state index in [0.717, 1.165) is 71.4 Å². The monoisotopic (exact) mass is 512 g/mol. The average molecular weight is 513 g/mol. The standard InChI is InChI=1S/C37H24N2O/c1-3-26-30-20-24(23-12-6-5-7-13-23)18-19-35(30)38(33(26)4-2)25-21-31-27-14-8-9-16-29(27)37(40)39-34-17-11-10-15-28(34)32(22-25)36(31)39/h3-22H,1-2H2. The molecule has 0 aliphatic carbocycles. The Bertz CT molecular complexity index is 2370. The molecule has 3 heterocycles. The minimum absolute atomic E-state index is 0.0163. The van der Waals surface area contributed by atoms with Crippen LogP contribution in [-0.4, -0.2) is 8.97 Å². The zero-order valence-electron chi connectivity index (χ0n) is 21.8. The molecular weight excluding hydrogens is 488 g/mol. The van der Waals surface area contributed by atoms with E-state index in [1.165, 1.54) is 5.56 Å². The molecule has 3 nitrogen and oxygen atoms in total. The number of aromatic nitrogens is 2. The van der Waals surface area contributed by atoms with Crippen molar-refractivity contribution in [3.63, 3.8) is 0 Å². The number of hydrogen-bond acceptors (Lipinski definition) is 1. The van der Waals surface area contributed by atoms with E-state index in [0.29, 0.717) is 0 Å². The Morgan fingerprint density at radius 2 is 1.23 bits per heavy atom. The number of hydrogen-bond donors (Lipinski definition) is 0. The maximum Gasteiger partial charge on any atom is 0.263 e. The van der Waals surface area contributed by atoms with Gasteiger partial charge in [0.05, 0.1) is 22.2 Å². The van der Waals surface area contributed by atoms with Crippen LogP contribution in [0.3, 0.4) is 0 Å². The van der Waals surface area contributed by atoms with Crippen molar-refractivity contribution in [3.8, 4) is 16.8 Å². The van der Waals surface area contributed by atoms with Gasteiger partial charge in [-0.1, -0.05) is 92.0 Å². The molecule has 5 aromatic carbocycles. The van der Waals surface area contributed by atoms with Crippen LogP contribution in [0, 0.1) is 0 Å². The summed E-state index contributed by atoms with van der Waals surface area (Å²) in [5, 5.41) is 5.98. The molecule has 188 valence electrons. The Hall–Kier alpha value is -5.41. The van der Waals surface area contributed by atoms with E-state index >= 15 is 0 Å². The summed E-state index contributed by atoms with van der Waals surface area (Å²) in [7, 11) is 0. The highest BCUT2D eigenvalue weighted by atomic mass is 16.1. The van der Waals surface area contributed by atoms with Crippen LogP contribution in [0.5, 0.6) is 0 Å². The number of para-hydroxylation sites is 1. The zero-order valence-corrected chi connectivity index (χ0v) is 21.8. The van der Waals surface area contributed by atoms with Crippen molar-refractivity contribution in [3.05, 3.63) is 144 Å². The van der Waals surface area contributed by atoms with Gasteiger partial charge in [0.1, 0.15) is 0 Å². The van der Waals surface area contributed by atoms with Crippen LogP contribution in [0.4, 0.5) is 0 Å². The molecule has 0 saturated heterocycles. The first kappa shape index (κ1) is 22.6. The summed E-state index contributed by atoms with van der Waals surface area (Å²) >= 11 is 0. The molecule has 0 amide bonds. The number of pyridine rings is 1. The van der Waals surface area contributed by atoms with Crippen LogP contribution in [0.1, 0.15) is 11.3 Å². The molecule has 0 spiro atoms. The molecule has 8 rings (SSSR count). The molecule has 0 fully saturated rings. The van der Waals surface area contributed by atoms with Gasteiger partial charge in [-0.15, -0.1) is 0 Å². The third-order valence-electron chi connectivity index (χ3n) is 8.21. The van der Waals surface area contributed by atoms with Crippen molar-refractivity contribution >= 4 is 61.0 Å². The van der Waals surface area contributed by atoms with E-state index in [1.54, 1.807) is 0 Å². The van der Waals surface area contributed by atoms with Crippen molar-refractivity contribution in [2.45, 2.75) is 0 Å². The summed E-state index contributed by atoms with van der Waals surface area (Å²) < 4.78 is 4.16. The van der Waals surface area contributed by atoms with Crippen LogP contribution < -0.4 is 5.56 Å². The summed E-state index contributed by atoms with van der Waals surface area (Å²) in [6.45, 7) is 8.37. The van der Waals surface area contributed by atoms with Crippen molar-refractivity contribution in [2.24, 2.45) is 0 Å². The van der Waals surface area contributed by atoms with Crippen LogP contribution in [0.15, 0.2) is 127 Å².